The minimum absolute atomic E-state index is 0.0140. The molecule has 0 aliphatic heterocycles. The average Bonchev–Trinajstić information content (AvgIpc) is 2.42. The summed E-state index contributed by atoms with van der Waals surface area (Å²) in [6.45, 7) is 4.16. The lowest BCUT2D eigenvalue weighted by atomic mass is 10.1. The molecule has 2 rings (SSSR count). The summed E-state index contributed by atoms with van der Waals surface area (Å²) < 4.78 is 6.14. The summed E-state index contributed by atoms with van der Waals surface area (Å²) in [4.78, 5) is 0. The van der Waals surface area contributed by atoms with Gasteiger partial charge in [0, 0.05) is 12.3 Å². The molecule has 0 aliphatic rings. The van der Waals surface area contributed by atoms with E-state index < -0.39 is 0 Å². The molecular weight excluding hydrogens is 256 g/mol. The zero-order valence-corrected chi connectivity index (χ0v) is 12.2. The Kier molecular flexibility index (Phi) is 4.86. The number of aryl methyl sites for hydroxylation is 2. The number of rotatable bonds is 5. The van der Waals surface area contributed by atoms with Gasteiger partial charge in [0.05, 0.1) is 0 Å². The van der Waals surface area contributed by atoms with Crippen molar-refractivity contribution in [1.82, 2.24) is 0 Å². The Hall–Kier alpha value is -1.47. The molecule has 0 aromatic heterocycles. The minimum atomic E-state index is 0.0140. The first-order chi connectivity index (χ1) is 9.20. The summed E-state index contributed by atoms with van der Waals surface area (Å²) in [5, 5.41) is 0. The highest BCUT2D eigenvalue weighted by atomic mass is 35.5. The van der Waals surface area contributed by atoms with Crippen LogP contribution >= 0.6 is 11.6 Å². The van der Waals surface area contributed by atoms with Gasteiger partial charge in [-0.15, -0.1) is 11.6 Å². The molecule has 0 saturated heterocycles. The molecule has 0 spiro atoms. The number of alkyl halides is 1. The van der Waals surface area contributed by atoms with E-state index in [1.807, 2.05) is 24.3 Å². The van der Waals surface area contributed by atoms with Crippen molar-refractivity contribution in [1.29, 1.82) is 0 Å². The van der Waals surface area contributed by atoms with E-state index in [1.165, 1.54) is 11.1 Å². The Labute approximate surface area is 120 Å². The second-order valence-electron chi connectivity index (χ2n) is 4.76. The molecule has 0 N–H and O–H groups in total. The van der Waals surface area contributed by atoms with Gasteiger partial charge in [0.25, 0.3) is 0 Å². The van der Waals surface area contributed by atoms with E-state index in [2.05, 4.69) is 38.1 Å². The van der Waals surface area contributed by atoms with Gasteiger partial charge in [-0.3, -0.25) is 0 Å². The lowest BCUT2D eigenvalue weighted by Crippen LogP contribution is -2.09. The third kappa shape index (κ3) is 3.74. The first-order valence-corrected chi connectivity index (χ1v) is 7.09. The van der Waals surface area contributed by atoms with Crippen molar-refractivity contribution in [2.75, 3.05) is 5.88 Å². The fourth-order valence-electron chi connectivity index (χ4n) is 2.15. The van der Waals surface area contributed by atoms with E-state index in [4.69, 9.17) is 16.3 Å². The van der Waals surface area contributed by atoms with Crippen LogP contribution in [0.3, 0.4) is 0 Å². The fourth-order valence-corrected chi connectivity index (χ4v) is 2.34. The van der Waals surface area contributed by atoms with Gasteiger partial charge >= 0.3 is 0 Å². The summed E-state index contributed by atoms with van der Waals surface area (Å²) in [7, 11) is 0. The number of hydrogen-bond donors (Lipinski definition) is 0. The van der Waals surface area contributed by atoms with Gasteiger partial charge < -0.3 is 4.74 Å². The molecule has 0 heterocycles. The van der Waals surface area contributed by atoms with E-state index in [0.29, 0.717) is 5.88 Å². The van der Waals surface area contributed by atoms with Crippen LogP contribution in [0.2, 0.25) is 0 Å². The topological polar surface area (TPSA) is 9.23 Å². The van der Waals surface area contributed by atoms with E-state index in [1.54, 1.807) is 0 Å². The molecule has 0 fully saturated rings. The van der Waals surface area contributed by atoms with Gasteiger partial charge in [-0.2, -0.15) is 0 Å². The number of halogens is 1. The van der Waals surface area contributed by atoms with Crippen molar-refractivity contribution >= 4 is 11.6 Å². The van der Waals surface area contributed by atoms with Gasteiger partial charge in [-0.25, -0.2) is 0 Å². The van der Waals surface area contributed by atoms with Crippen molar-refractivity contribution in [3.63, 3.8) is 0 Å². The smallest absolute Gasteiger partial charge is 0.125 e. The Morgan fingerprint density at radius 3 is 2.42 bits per heavy atom. The minimum Gasteiger partial charge on any atom is -0.485 e. The maximum atomic E-state index is 6.14. The Bertz CT molecular complexity index is 522. The quantitative estimate of drug-likeness (QED) is 0.693. The van der Waals surface area contributed by atoms with E-state index >= 15 is 0 Å². The second-order valence-corrected chi connectivity index (χ2v) is 5.14. The first-order valence-electron chi connectivity index (χ1n) is 6.55. The highest BCUT2D eigenvalue weighted by Gasteiger charge is 2.13. The van der Waals surface area contributed by atoms with Crippen molar-refractivity contribution in [2.24, 2.45) is 0 Å². The van der Waals surface area contributed by atoms with Gasteiger partial charge in [0.2, 0.25) is 0 Å². The summed E-state index contributed by atoms with van der Waals surface area (Å²) in [6, 6.07) is 16.5. The van der Waals surface area contributed by atoms with Gasteiger partial charge in [0.1, 0.15) is 11.9 Å². The molecule has 0 saturated carbocycles. The van der Waals surface area contributed by atoms with Gasteiger partial charge in [0.15, 0.2) is 0 Å². The van der Waals surface area contributed by atoms with E-state index in [0.717, 1.165) is 17.7 Å². The Morgan fingerprint density at radius 1 is 1.05 bits per heavy atom. The molecule has 100 valence electrons. The molecule has 1 atom stereocenters. The normalized spacial score (nSPS) is 12.2. The van der Waals surface area contributed by atoms with Crippen LogP contribution in [0.1, 0.15) is 29.2 Å². The molecule has 0 aliphatic carbocycles. The van der Waals surface area contributed by atoms with E-state index in [-0.39, 0.29) is 6.10 Å². The summed E-state index contributed by atoms with van der Waals surface area (Å²) in [5.74, 6) is 1.52. The van der Waals surface area contributed by atoms with Crippen molar-refractivity contribution in [2.45, 2.75) is 26.4 Å². The Morgan fingerprint density at radius 2 is 1.79 bits per heavy atom. The molecule has 1 nitrogen and oxygen atoms in total. The lowest BCUT2D eigenvalue weighted by Gasteiger charge is -2.20. The molecule has 2 aromatic rings. The van der Waals surface area contributed by atoms with Crippen molar-refractivity contribution in [3.8, 4) is 5.75 Å². The third-order valence-electron chi connectivity index (χ3n) is 3.14. The number of hydrogen-bond acceptors (Lipinski definition) is 1. The van der Waals surface area contributed by atoms with Crippen LogP contribution in [0.25, 0.3) is 0 Å². The maximum absolute atomic E-state index is 6.14. The maximum Gasteiger partial charge on any atom is 0.125 e. The van der Waals surface area contributed by atoms with Crippen LogP contribution in [0.5, 0.6) is 5.75 Å². The van der Waals surface area contributed by atoms with Crippen LogP contribution < -0.4 is 4.74 Å². The van der Waals surface area contributed by atoms with Gasteiger partial charge in [-0.1, -0.05) is 48.0 Å². The van der Waals surface area contributed by atoms with Crippen LogP contribution in [0, 0.1) is 13.8 Å². The molecule has 0 amide bonds. The summed E-state index contributed by atoms with van der Waals surface area (Å²) >= 11 is 5.90. The van der Waals surface area contributed by atoms with Crippen molar-refractivity contribution in [3.05, 3.63) is 65.2 Å². The molecule has 2 heteroatoms. The second kappa shape index (κ2) is 6.63. The molecule has 19 heavy (non-hydrogen) atoms. The van der Waals surface area contributed by atoms with Crippen LogP contribution in [-0.2, 0) is 0 Å². The molecular formula is C17H19ClO. The highest BCUT2D eigenvalue weighted by Crippen LogP contribution is 2.28. The molecule has 0 bridgehead atoms. The van der Waals surface area contributed by atoms with Crippen molar-refractivity contribution < 1.29 is 4.74 Å². The molecule has 0 unspecified atom stereocenters. The molecule has 0 radical (unpaired) electrons. The van der Waals surface area contributed by atoms with Crippen LogP contribution in [0.15, 0.2) is 48.5 Å². The first kappa shape index (κ1) is 14.0. The third-order valence-corrected chi connectivity index (χ3v) is 3.36. The Balaban J connectivity index is 2.21. The number of benzene rings is 2. The molecule has 2 aromatic carbocycles. The SMILES string of the molecule is Cc1ccc(O[C@H](CCCl)c2ccccc2)c(C)c1. The lowest BCUT2D eigenvalue weighted by molar-refractivity contribution is 0.201. The standard InChI is InChI=1S/C17H19ClO/c1-13-8-9-16(14(2)12-13)19-17(10-11-18)15-6-4-3-5-7-15/h3-9,12,17H,10-11H2,1-2H3/t17-/m1/s1. The predicted molar refractivity (Wildman–Crippen MR) is 81.1 cm³/mol. The zero-order valence-electron chi connectivity index (χ0n) is 11.4. The van der Waals surface area contributed by atoms with Gasteiger partial charge in [-0.05, 0) is 31.0 Å². The number of ether oxygens (including phenoxy) is 1. The summed E-state index contributed by atoms with van der Waals surface area (Å²) in [5.41, 5.74) is 3.58. The predicted octanol–water partition coefficient (Wildman–Crippen LogP) is 5.05. The average molecular weight is 275 g/mol. The van der Waals surface area contributed by atoms with Crippen LogP contribution in [0.4, 0.5) is 0 Å². The fraction of sp³-hybridized carbons (Fsp3) is 0.294. The highest BCUT2D eigenvalue weighted by molar-refractivity contribution is 6.17. The largest absolute Gasteiger partial charge is 0.485 e. The zero-order chi connectivity index (χ0) is 13.7. The van der Waals surface area contributed by atoms with Crippen LogP contribution in [-0.4, -0.2) is 5.88 Å². The monoisotopic (exact) mass is 274 g/mol. The van der Waals surface area contributed by atoms with E-state index in [9.17, 15) is 0 Å². The summed E-state index contributed by atoms with van der Waals surface area (Å²) in [6.07, 6.45) is 0.818.